The van der Waals surface area contributed by atoms with E-state index in [4.69, 9.17) is 16.3 Å². The van der Waals surface area contributed by atoms with E-state index in [9.17, 15) is 22.8 Å². The standard InChI is InChI=1S/C17H14ClF3N2O3/c1-3-26-16(25)11-5-7-14(22-9(11)2)15(24)23-10-4-6-13(18)12(8-10)17(19,20)21/h4-8H,3H2,1-2H3,(H,23,24). The number of carbonyl (C=O) groups excluding carboxylic acids is 2. The summed E-state index contributed by atoms with van der Waals surface area (Å²) < 4.78 is 43.5. The Kier molecular flexibility index (Phi) is 5.86. The van der Waals surface area contributed by atoms with Crippen molar-refractivity contribution in [1.29, 1.82) is 0 Å². The number of hydrogen-bond acceptors (Lipinski definition) is 4. The van der Waals surface area contributed by atoms with Gasteiger partial charge in [-0.25, -0.2) is 9.78 Å². The van der Waals surface area contributed by atoms with Gasteiger partial charge in [-0.2, -0.15) is 13.2 Å². The number of esters is 1. The first kappa shape index (κ1) is 19.7. The number of aryl methyl sites for hydroxylation is 1. The first-order valence-electron chi connectivity index (χ1n) is 7.46. The molecule has 0 aliphatic rings. The van der Waals surface area contributed by atoms with Crippen molar-refractivity contribution in [2.24, 2.45) is 0 Å². The van der Waals surface area contributed by atoms with Crippen LogP contribution in [-0.4, -0.2) is 23.5 Å². The largest absolute Gasteiger partial charge is 0.462 e. The van der Waals surface area contributed by atoms with Crippen molar-refractivity contribution in [1.82, 2.24) is 4.98 Å². The van der Waals surface area contributed by atoms with Crippen molar-refractivity contribution in [3.05, 3.63) is 57.9 Å². The van der Waals surface area contributed by atoms with Gasteiger partial charge >= 0.3 is 12.1 Å². The van der Waals surface area contributed by atoms with Gasteiger partial charge < -0.3 is 10.1 Å². The van der Waals surface area contributed by atoms with Crippen LogP contribution < -0.4 is 5.32 Å². The lowest BCUT2D eigenvalue weighted by Crippen LogP contribution is -2.17. The fraction of sp³-hybridized carbons (Fsp3) is 0.235. The molecule has 0 unspecified atom stereocenters. The molecule has 26 heavy (non-hydrogen) atoms. The van der Waals surface area contributed by atoms with E-state index in [0.717, 1.165) is 12.1 Å². The molecular formula is C17H14ClF3N2O3. The number of amides is 1. The lowest BCUT2D eigenvalue weighted by molar-refractivity contribution is -0.137. The van der Waals surface area contributed by atoms with Crippen molar-refractivity contribution < 1.29 is 27.5 Å². The summed E-state index contributed by atoms with van der Waals surface area (Å²) in [5, 5.41) is 1.85. The maximum absolute atomic E-state index is 12.9. The van der Waals surface area contributed by atoms with Crippen LogP contribution in [0.1, 0.15) is 39.0 Å². The number of ether oxygens (including phenoxy) is 1. The van der Waals surface area contributed by atoms with Gasteiger partial charge in [0.05, 0.1) is 28.5 Å². The number of aromatic nitrogens is 1. The molecule has 5 nitrogen and oxygen atoms in total. The number of anilines is 1. The van der Waals surface area contributed by atoms with Gasteiger partial charge in [0.1, 0.15) is 5.69 Å². The number of pyridine rings is 1. The fourth-order valence-corrected chi connectivity index (χ4v) is 2.35. The zero-order chi connectivity index (χ0) is 19.5. The molecule has 1 aromatic heterocycles. The number of hydrogen-bond donors (Lipinski definition) is 1. The monoisotopic (exact) mass is 386 g/mol. The maximum atomic E-state index is 12.9. The predicted molar refractivity (Wildman–Crippen MR) is 89.3 cm³/mol. The Hall–Kier alpha value is -2.61. The predicted octanol–water partition coefficient (Wildman–Crippen LogP) is 4.49. The second-order valence-electron chi connectivity index (χ2n) is 5.20. The molecule has 2 aromatic rings. The smallest absolute Gasteiger partial charge is 0.417 e. The van der Waals surface area contributed by atoms with Crippen LogP contribution in [0.3, 0.4) is 0 Å². The average molecular weight is 387 g/mol. The fourth-order valence-electron chi connectivity index (χ4n) is 2.13. The highest BCUT2D eigenvalue weighted by atomic mass is 35.5. The van der Waals surface area contributed by atoms with Crippen LogP contribution in [0.5, 0.6) is 0 Å². The van der Waals surface area contributed by atoms with Crippen LogP contribution in [0, 0.1) is 6.92 Å². The van der Waals surface area contributed by atoms with Crippen molar-refractivity contribution in [2.75, 3.05) is 11.9 Å². The van der Waals surface area contributed by atoms with Gasteiger partial charge in [0, 0.05) is 5.69 Å². The minimum Gasteiger partial charge on any atom is -0.462 e. The number of rotatable bonds is 4. The Labute approximate surface area is 152 Å². The van der Waals surface area contributed by atoms with Crippen LogP contribution in [0.15, 0.2) is 30.3 Å². The number of nitrogens with zero attached hydrogens (tertiary/aromatic N) is 1. The minimum atomic E-state index is -4.64. The molecule has 1 amide bonds. The van der Waals surface area contributed by atoms with E-state index in [1.54, 1.807) is 6.92 Å². The SMILES string of the molecule is CCOC(=O)c1ccc(C(=O)Nc2ccc(Cl)c(C(F)(F)F)c2)nc1C. The van der Waals surface area contributed by atoms with Crippen molar-refractivity contribution in [3.8, 4) is 0 Å². The lowest BCUT2D eigenvalue weighted by atomic mass is 10.1. The highest BCUT2D eigenvalue weighted by Crippen LogP contribution is 2.36. The Balaban J connectivity index is 2.23. The molecule has 0 fully saturated rings. The summed E-state index contributed by atoms with van der Waals surface area (Å²) in [4.78, 5) is 27.9. The van der Waals surface area contributed by atoms with Gasteiger partial charge in [-0.05, 0) is 44.2 Å². The van der Waals surface area contributed by atoms with E-state index in [1.165, 1.54) is 25.1 Å². The lowest BCUT2D eigenvalue weighted by Gasteiger charge is -2.12. The third-order valence-electron chi connectivity index (χ3n) is 3.34. The van der Waals surface area contributed by atoms with E-state index in [2.05, 4.69) is 10.3 Å². The minimum absolute atomic E-state index is 0.0564. The molecule has 0 aliphatic heterocycles. The summed E-state index contributed by atoms with van der Waals surface area (Å²) in [7, 11) is 0. The number of carbonyl (C=O) groups is 2. The van der Waals surface area contributed by atoms with E-state index >= 15 is 0 Å². The van der Waals surface area contributed by atoms with Crippen LogP contribution in [0.4, 0.5) is 18.9 Å². The summed E-state index contributed by atoms with van der Waals surface area (Å²) in [6, 6.07) is 5.69. The van der Waals surface area contributed by atoms with E-state index in [0.29, 0.717) is 0 Å². The van der Waals surface area contributed by atoms with Gasteiger partial charge in [0.15, 0.2) is 0 Å². The number of nitrogens with one attached hydrogen (secondary N) is 1. The molecule has 1 N–H and O–H groups in total. The first-order valence-corrected chi connectivity index (χ1v) is 7.84. The molecule has 0 spiro atoms. The molecule has 0 saturated carbocycles. The summed E-state index contributed by atoms with van der Waals surface area (Å²) in [5.74, 6) is -1.30. The summed E-state index contributed by atoms with van der Waals surface area (Å²) in [6.07, 6.45) is -4.64. The molecule has 0 atom stereocenters. The van der Waals surface area contributed by atoms with E-state index < -0.39 is 28.6 Å². The Morgan fingerprint density at radius 1 is 1.23 bits per heavy atom. The number of alkyl halides is 3. The molecule has 0 radical (unpaired) electrons. The maximum Gasteiger partial charge on any atom is 0.417 e. The molecule has 9 heteroatoms. The summed E-state index contributed by atoms with van der Waals surface area (Å²) in [6.45, 7) is 3.37. The summed E-state index contributed by atoms with van der Waals surface area (Å²) in [5.41, 5.74) is -0.726. The normalized spacial score (nSPS) is 11.2. The molecule has 2 rings (SSSR count). The zero-order valence-corrected chi connectivity index (χ0v) is 14.5. The Morgan fingerprint density at radius 2 is 1.92 bits per heavy atom. The van der Waals surface area contributed by atoms with Crippen molar-refractivity contribution in [3.63, 3.8) is 0 Å². The van der Waals surface area contributed by atoms with Crippen LogP contribution in [0.2, 0.25) is 5.02 Å². The van der Waals surface area contributed by atoms with Crippen LogP contribution >= 0.6 is 11.6 Å². The molecular weight excluding hydrogens is 373 g/mol. The van der Waals surface area contributed by atoms with Gasteiger partial charge in [-0.1, -0.05) is 11.6 Å². The third kappa shape index (κ3) is 4.51. The van der Waals surface area contributed by atoms with E-state index in [1.807, 2.05) is 0 Å². The second-order valence-corrected chi connectivity index (χ2v) is 5.60. The van der Waals surface area contributed by atoms with Gasteiger partial charge in [0.25, 0.3) is 5.91 Å². The molecule has 1 heterocycles. The Morgan fingerprint density at radius 3 is 2.50 bits per heavy atom. The second kappa shape index (κ2) is 7.74. The topological polar surface area (TPSA) is 68.3 Å². The molecule has 0 bridgehead atoms. The molecule has 1 aromatic carbocycles. The average Bonchev–Trinajstić information content (AvgIpc) is 2.55. The summed E-state index contributed by atoms with van der Waals surface area (Å²) >= 11 is 5.54. The van der Waals surface area contributed by atoms with Crippen molar-refractivity contribution >= 4 is 29.2 Å². The molecule has 0 aliphatic carbocycles. The van der Waals surface area contributed by atoms with Gasteiger partial charge in [0.2, 0.25) is 0 Å². The van der Waals surface area contributed by atoms with E-state index in [-0.39, 0.29) is 29.2 Å². The highest BCUT2D eigenvalue weighted by Gasteiger charge is 2.33. The number of halogens is 4. The van der Waals surface area contributed by atoms with Crippen LogP contribution in [-0.2, 0) is 10.9 Å². The molecule has 138 valence electrons. The van der Waals surface area contributed by atoms with Gasteiger partial charge in [-0.15, -0.1) is 0 Å². The quantitative estimate of drug-likeness (QED) is 0.786. The first-order chi connectivity index (χ1) is 12.1. The highest BCUT2D eigenvalue weighted by molar-refractivity contribution is 6.31. The Bertz CT molecular complexity index is 854. The van der Waals surface area contributed by atoms with Crippen LogP contribution in [0.25, 0.3) is 0 Å². The van der Waals surface area contributed by atoms with Gasteiger partial charge in [-0.3, -0.25) is 4.79 Å². The number of benzene rings is 1. The zero-order valence-electron chi connectivity index (χ0n) is 13.8. The van der Waals surface area contributed by atoms with Crippen molar-refractivity contribution in [2.45, 2.75) is 20.0 Å². The molecule has 0 saturated heterocycles. The third-order valence-corrected chi connectivity index (χ3v) is 3.67.